The fourth-order valence-electron chi connectivity index (χ4n) is 2.45. The zero-order chi connectivity index (χ0) is 17.4. The van der Waals surface area contributed by atoms with Crippen molar-refractivity contribution in [2.75, 3.05) is 0 Å². The standard InChI is InChI=1S/C16H13ClN6OS/c1-9-7-10(2)23-15(18-9)20-21-16(23)25-8-13-19-14(22-24-13)11-3-5-12(17)6-4-11/h3-7H,8H2,1-2H3. The highest BCUT2D eigenvalue weighted by molar-refractivity contribution is 7.98. The molecule has 0 bridgehead atoms. The van der Waals surface area contributed by atoms with Gasteiger partial charge in [-0.2, -0.15) is 4.98 Å². The molecule has 1 aromatic carbocycles. The fourth-order valence-corrected chi connectivity index (χ4v) is 3.40. The van der Waals surface area contributed by atoms with Crippen LogP contribution in [0.5, 0.6) is 0 Å². The first kappa shape index (κ1) is 16.0. The summed E-state index contributed by atoms with van der Waals surface area (Å²) in [7, 11) is 0. The predicted molar refractivity (Wildman–Crippen MR) is 94.6 cm³/mol. The maximum Gasteiger partial charge on any atom is 0.256 e. The van der Waals surface area contributed by atoms with Crippen LogP contribution in [0.1, 0.15) is 17.3 Å². The summed E-state index contributed by atoms with van der Waals surface area (Å²) >= 11 is 7.37. The lowest BCUT2D eigenvalue weighted by atomic mass is 10.2. The zero-order valence-corrected chi connectivity index (χ0v) is 15.0. The van der Waals surface area contributed by atoms with E-state index >= 15 is 0 Å². The van der Waals surface area contributed by atoms with E-state index in [-0.39, 0.29) is 0 Å². The van der Waals surface area contributed by atoms with Crippen molar-refractivity contribution in [3.05, 3.63) is 52.6 Å². The number of rotatable bonds is 4. The Balaban J connectivity index is 1.53. The molecule has 0 aliphatic carbocycles. The van der Waals surface area contributed by atoms with Gasteiger partial charge in [0, 0.05) is 22.0 Å². The number of hydrogen-bond acceptors (Lipinski definition) is 7. The molecule has 0 atom stereocenters. The zero-order valence-electron chi connectivity index (χ0n) is 13.5. The van der Waals surface area contributed by atoms with Gasteiger partial charge in [0.15, 0.2) is 5.16 Å². The van der Waals surface area contributed by atoms with Crippen LogP contribution in [0.3, 0.4) is 0 Å². The van der Waals surface area contributed by atoms with Gasteiger partial charge in [0.25, 0.3) is 5.78 Å². The van der Waals surface area contributed by atoms with Gasteiger partial charge < -0.3 is 4.52 Å². The van der Waals surface area contributed by atoms with Crippen molar-refractivity contribution >= 4 is 29.1 Å². The quantitative estimate of drug-likeness (QED) is 0.504. The SMILES string of the molecule is Cc1cc(C)n2c(SCc3nc(-c4ccc(Cl)cc4)no3)nnc2n1. The molecule has 0 aliphatic heterocycles. The van der Waals surface area contributed by atoms with Gasteiger partial charge in [-0.25, -0.2) is 4.98 Å². The Morgan fingerprint density at radius 3 is 2.72 bits per heavy atom. The third-order valence-corrected chi connectivity index (χ3v) is 4.72. The largest absolute Gasteiger partial charge is 0.338 e. The molecule has 0 fully saturated rings. The lowest BCUT2D eigenvalue weighted by molar-refractivity contribution is 0.391. The Morgan fingerprint density at radius 1 is 1.12 bits per heavy atom. The second kappa shape index (κ2) is 6.45. The predicted octanol–water partition coefficient (Wildman–Crippen LogP) is 3.74. The highest BCUT2D eigenvalue weighted by Crippen LogP contribution is 2.24. The van der Waals surface area contributed by atoms with Gasteiger partial charge in [0.2, 0.25) is 11.7 Å². The highest BCUT2D eigenvalue weighted by atomic mass is 35.5. The monoisotopic (exact) mass is 372 g/mol. The molecule has 0 amide bonds. The van der Waals surface area contributed by atoms with Gasteiger partial charge in [-0.3, -0.25) is 4.40 Å². The Kier molecular flexibility index (Phi) is 4.14. The number of aryl methyl sites for hydroxylation is 2. The van der Waals surface area contributed by atoms with Crippen molar-refractivity contribution < 1.29 is 4.52 Å². The summed E-state index contributed by atoms with van der Waals surface area (Å²) in [4.78, 5) is 8.79. The molecule has 0 spiro atoms. The number of nitrogens with zero attached hydrogens (tertiary/aromatic N) is 6. The summed E-state index contributed by atoms with van der Waals surface area (Å²) in [6, 6.07) is 9.29. The second-order valence-electron chi connectivity index (χ2n) is 5.46. The number of fused-ring (bicyclic) bond motifs is 1. The summed E-state index contributed by atoms with van der Waals surface area (Å²) in [5.41, 5.74) is 2.80. The summed E-state index contributed by atoms with van der Waals surface area (Å²) in [6.45, 7) is 3.94. The van der Waals surface area contributed by atoms with E-state index in [0.29, 0.717) is 28.3 Å². The molecule has 7 nitrogen and oxygen atoms in total. The number of aromatic nitrogens is 6. The van der Waals surface area contributed by atoms with Crippen LogP contribution in [-0.2, 0) is 5.75 Å². The van der Waals surface area contributed by atoms with E-state index in [9.17, 15) is 0 Å². The second-order valence-corrected chi connectivity index (χ2v) is 6.84. The first-order chi connectivity index (χ1) is 12.1. The van der Waals surface area contributed by atoms with Crippen molar-refractivity contribution in [2.24, 2.45) is 0 Å². The fraction of sp³-hybridized carbons (Fsp3) is 0.188. The average Bonchev–Trinajstić information content (AvgIpc) is 3.20. The molecule has 0 unspecified atom stereocenters. The molecular formula is C16H13ClN6OS. The van der Waals surface area contributed by atoms with Crippen LogP contribution in [0.15, 0.2) is 40.0 Å². The van der Waals surface area contributed by atoms with Gasteiger partial charge in [0.1, 0.15) is 0 Å². The molecule has 0 saturated carbocycles. The van der Waals surface area contributed by atoms with E-state index in [1.807, 2.05) is 36.4 Å². The van der Waals surface area contributed by atoms with Crippen LogP contribution in [0.25, 0.3) is 17.2 Å². The van der Waals surface area contributed by atoms with Crippen LogP contribution in [0.2, 0.25) is 5.02 Å². The molecule has 3 aromatic heterocycles. The summed E-state index contributed by atoms with van der Waals surface area (Å²) in [6.07, 6.45) is 0. The number of halogens is 1. The normalized spacial score (nSPS) is 11.3. The molecule has 9 heteroatoms. The molecule has 0 aliphatic rings. The van der Waals surface area contributed by atoms with Gasteiger partial charge in [-0.05, 0) is 44.2 Å². The van der Waals surface area contributed by atoms with E-state index in [1.165, 1.54) is 11.8 Å². The van der Waals surface area contributed by atoms with E-state index in [2.05, 4.69) is 25.3 Å². The first-order valence-corrected chi connectivity index (χ1v) is 8.87. The van der Waals surface area contributed by atoms with Crippen molar-refractivity contribution in [1.82, 2.24) is 29.7 Å². The van der Waals surface area contributed by atoms with E-state index < -0.39 is 0 Å². The molecular weight excluding hydrogens is 360 g/mol. The lowest BCUT2D eigenvalue weighted by Gasteiger charge is -2.02. The smallest absolute Gasteiger partial charge is 0.256 e. The van der Waals surface area contributed by atoms with Crippen molar-refractivity contribution in [3.8, 4) is 11.4 Å². The minimum atomic E-state index is 0.495. The summed E-state index contributed by atoms with van der Waals surface area (Å²) in [5, 5.41) is 13.7. The molecule has 4 rings (SSSR count). The minimum Gasteiger partial charge on any atom is -0.338 e. The Morgan fingerprint density at radius 2 is 1.92 bits per heavy atom. The summed E-state index contributed by atoms with van der Waals surface area (Å²) in [5.74, 6) is 2.14. The molecule has 0 N–H and O–H groups in total. The van der Waals surface area contributed by atoms with Crippen LogP contribution in [0, 0.1) is 13.8 Å². The highest BCUT2D eigenvalue weighted by Gasteiger charge is 2.13. The minimum absolute atomic E-state index is 0.495. The van der Waals surface area contributed by atoms with Gasteiger partial charge in [-0.1, -0.05) is 28.5 Å². The first-order valence-electron chi connectivity index (χ1n) is 7.51. The van der Waals surface area contributed by atoms with Crippen molar-refractivity contribution in [1.29, 1.82) is 0 Å². The van der Waals surface area contributed by atoms with Gasteiger partial charge >= 0.3 is 0 Å². The van der Waals surface area contributed by atoms with Gasteiger partial charge in [-0.15, -0.1) is 10.2 Å². The number of hydrogen-bond donors (Lipinski definition) is 0. The van der Waals surface area contributed by atoms with Crippen molar-refractivity contribution in [3.63, 3.8) is 0 Å². The molecule has 0 saturated heterocycles. The Bertz CT molecular complexity index is 1040. The molecule has 3 heterocycles. The molecule has 4 aromatic rings. The van der Waals surface area contributed by atoms with E-state index in [0.717, 1.165) is 22.1 Å². The third-order valence-electron chi connectivity index (χ3n) is 3.56. The topological polar surface area (TPSA) is 82.0 Å². The Labute approximate surface area is 152 Å². The lowest BCUT2D eigenvalue weighted by Crippen LogP contribution is -1.97. The van der Waals surface area contributed by atoms with Crippen LogP contribution >= 0.6 is 23.4 Å². The van der Waals surface area contributed by atoms with Crippen LogP contribution in [-0.4, -0.2) is 29.7 Å². The van der Waals surface area contributed by atoms with Crippen molar-refractivity contribution in [2.45, 2.75) is 24.8 Å². The average molecular weight is 373 g/mol. The maximum atomic E-state index is 5.89. The Hall–Kier alpha value is -2.45. The third kappa shape index (κ3) is 3.22. The molecule has 126 valence electrons. The summed E-state index contributed by atoms with van der Waals surface area (Å²) < 4.78 is 7.23. The van der Waals surface area contributed by atoms with E-state index in [1.54, 1.807) is 12.1 Å². The maximum absolute atomic E-state index is 5.89. The number of thioether (sulfide) groups is 1. The van der Waals surface area contributed by atoms with E-state index in [4.69, 9.17) is 16.1 Å². The van der Waals surface area contributed by atoms with Crippen LogP contribution in [0.4, 0.5) is 0 Å². The van der Waals surface area contributed by atoms with Gasteiger partial charge in [0.05, 0.1) is 5.75 Å². The number of benzene rings is 1. The van der Waals surface area contributed by atoms with Crippen LogP contribution < -0.4 is 0 Å². The molecule has 25 heavy (non-hydrogen) atoms. The molecule has 0 radical (unpaired) electrons.